The molecule has 0 saturated heterocycles. The summed E-state index contributed by atoms with van der Waals surface area (Å²) in [6.07, 6.45) is 0. The monoisotopic (exact) mass is 209 g/mol. The highest BCUT2D eigenvalue weighted by atomic mass is 32.2. The summed E-state index contributed by atoms with van der Waals surface area (Å²) >= 11 is 1.14. The molecule has 1 aliphatic rings. The second-order valence-corrected chi connectivity index (χ2v) is 3.98. The first-order valence-electron chi connectivity index (χ1n) is 4.03. The molecule has 4 nitrogen and oxygen atoms in total. The Hall–Kier alpha value is -1.49. The Morgan fingerprint density at radius 1 is 1.50 bits per heavy atom. The van der Waals surface area contributed by atoms with Crippen molar-refractivity contribution in [1.29, 1.82) is 0 Å². The van der Waals surface area contributed by atoms with Crippen molar-refractivity contribution in [2.24, 2.45) is 5.73 Å². The van der Waals surface area contributed by atoms with Gasteiger partial charge in [0.2, 0.25) is 0 Å². The van der Waals surface area contributed by atoms with Crippen LogP contribution in [0.4, 0.5) is 0 Å². The highest BCUT2D eigenvalue weighted by molar-refractivity contribution is 8.13. The van der Waals surface area contributed by atoms with E-state index in [1.807, 2.05) is 12.1 Å². The largest absolute Gasteiger partial charge is 0.442 e. The number of benzene rings is 1. The van der Waals surface area contributed by atoms with Crippen LogP contribution in [0.2, 0.25) is 0 Å². The van der Waals surface area contributed by atoms with E-state index in [1.54, 1.807) is 12.1 Å². The zero-order valence-electron chi connectivity index (χ0n) is 7.27. The molecule has 1 aliphatic heterocycles. The molecule has 1 unspecified atom stereocenters. The molecule has 72 valence electrons. The number of cyclic esters (lactones) is 1. The van der Waals surface area contributed by atoms with Crippen LogP contribution in [0, 0.1) is 0 Å². The lowest BCUT2D eigenvalue weighted by molar-refractivity contribution is -0.110. The molecule has 0 fully saturated rings. The number of amidine groups is 1. The number of fused-ring (bicyclic) bond motifs is 1. The number of hydrogen-bond acceptors (Lipinski definition) is 3. The van der Waals surface area contributed by atoms with Crippen molar-refractivity contribution in [1.82, 2.24) is 0 Å². The van der Waals surface area contributed by atoms with E-state index in [2.05, 4.69) is 0 Å². The number of thioether (sulfide) groups is 1. The van der Waals surface area contributed by atoms with E-state index < -0.39 is 5.44 Å². The molecular weight excluding hydrogens is 200 g/mol. The summed E-state index contributed by atoms with van der Waals surface area (Å²) in [5.74, 6) is -0.320. The lowest BCUT2D eigenvalue weighted by atomic mass is 10.1. The maximum absolute atomic E-state index is 11.3. The van der Waals surface area contributed by atoms with E-state index in [1.165, 1.54) is 0 Å². The number of hydrogen-bond donors (Lipinski definition) is 2. The van der Waals surface area contributed by atoms with E-state index in [0.29, 0.717) is 5.56 Å². The highest BCUT2D eigenvalue weighted by Gasteiger charge is 2.32. The molecule has 0 spiro atoms. The van der Waals surface area contributed by atoms with E-state index in [9.17, 15) is 4.79 Å². The van der Waals surface area contributed by atoms with Gasteiger partial charge < -0.3 is 4.74 Å². The van der Waals surface area contributed by atoms with Crippen LogP contribution in [0.25, 0.3) is 0 Å². The lowest BCUT2D eigenvalue weighted by Gasteiger charge is -2.05. The minimum Gasteiger partial charge on any atom is -0.442 e. The molecule has 0 aromatic heterocycles. The van der Waals surface area contributed by atoms with Gasteiger partial charge in [-0.15, -0.1) is 0 Å². The fourth-order valence-corrected chi connectivity index (χ4v) is 2.04. The smallest absolute Gasteiger partial charge is 0.340 e. The third kappa shape index (κ3) is 1.46. The predicted molar refractivity (Wildman–Crippen MR) is 53.3 cm³/mol. The number of rotatable bonds is 1. The molecule has 1 heterocycles. The Morgan fingerprint density at radius 3 is 2.93 bits per heavy atom. The summed E-state index contributed by atoms with van der Waals surface area (Å²) in [5.41, 5.74) is 6.36. The van der Waals surface area contributed by atoms with Gasteiger partial charge in [-0.1, -0.05) is 18.2 Å². The molecule has 5 heteroatoms. The van der Waals surface area contributed by atoms with Crippen LogP contribution >= 0.6 is 11.8 Å². The van der Waals surface area contributed by atoms with Crippen molar-refractivity contribution in [3.8, 4) is 0 Å². The molecule has 2 rings (SSSR count). The normalized spacial score (nSPS) is 18.9. The summed E-state index contributed by atoms with van der Waals surface area (Å²) < 4.78 is 5.09. The maximum atomic E-state index is 11.3. The third-order valence-electron chi connectivity index (χ3n) is 1.89. The molecule has 0 saturated carbocycles. The van der Waals surface area contributed by atoms with Crippen molar-refractivity contribution in [2.45, 2.75) is 5.44 Å². The minimum atomic E-state index is -0.399. The van der Waals surface area contributed by atoms with Gasteiger partial charge in [-0.2, -0.15) is 0 Å². The van der Waals surface area contributed by atoms with Crippen molar-refractivity contribution < 1.29 is 14.9 Å². The fraction of sp³-hybridized carbons (Fsp3) is 0.111. The van der Waals surface area contributed by atoms with Gasteiger partial charge in [0.25, 0.3) is 0 Å². The first kappa shape index (κ1) is 9.08. The fourth-order valence-electron chi connectivity index (χ4n) is 1.32. The molecule has 1 aromatic carbocycles. The van der Waals surface area contributed by atoms with Crippen LogP contribution < -0.4 is 11.1 Å². The second kappa shape index (κ2) is 3.34. The number of carbonyl (C=O) groups excluding carboxylic acids is 1. The average Bonchev–Trinajstić information content (AvgIpc) is 2.44. The van der Waals surface area contributed by atoms with Crippen LogP contribution in [0.3, 0.4) is 0 Å². The number of nitrogens with two attached hydrogens (primary N) is 2. The predicted octanol–water partition coefficient (Wildman–Crippen LogP) is -0.337. The summed E-state index contributed by atoms with van der Waals surface area (Å²) in [4.78, 5) is 11.3. The first-order chi connectivity index (χ1) is 6.68. The van der Waals surface area contributed by atoms with Gasteiger partial charge in [0.05, 0.1) is 5.56 Å². The Balaban J connectivity index is 2.34. The van der Waals surface area contributed by atoms with E-state index >= 15 is 0 Å². The molecule has 1 aromatic rings. The average molecular weight is 209 g/mol. The number of ether oxygens (including phenoxy) is 1. The number of esters is 1. The molecule has 0 aliphatic carbocycles. The van der Waals surface area contributed by atoms with Crippen molar-refractivity contribution >= 4 is 22.9 Å². The molecule has 0 bridgehead atoms. The van der Waals surface area contributed by atoms with E-state index in [0.717, 1.165) is 17.3 Å². The van der Waals surface area contributed by atoms with Crippen LogP contribution in [0.1, 0.15) is 21.4 Å². The van der Waals surface area contributed by atoms with Gasteiger partial charge in [0, 0.05) is 17.3 Å². The van der Waals surface area contributed by atoms with Crippen molar-refractivity contribution in [2.75, 3.05) is 0 Å². The van der Waals surface area contributed by atoms with Crippen LogP contribution in [0.15, 0.2) is 24.3 Å². The second-order valence-electron chi connectivity index (χ2n) is 2.84. The zero-order chi connectivity index (χ0) is 10.1. The molecular formula is C9H9N2O2S+. The summed E-state index contributed by atoms with van der Waals surface area (Å²) in [5, 5.41) is 5.53. The van der Waals surface area contributed by atoms with Crippen molar-refractivity contribution in [3.05, 3.63) is 35.4 Å². The number of carbonyl (C=O) groups is 1. The standard InChI is InChI=1S/C9H8N2O2S/c10-9(11)14-8-6-4-2-1-3-5(6)7(12)13-8/h1-4,8H,(H3,10,11)/p+1. The summed E-state index contributed by atoms with van der Waals surface area (Å²) in [6, 6.07) is 7.20. The van der Waals surface area contributed by atoms with Gasteiger partial charge >= 0.3 is 11.1 Å². The molecule has 0 amide bonds. The third-order valence-corrected chi connectivity index (χ3v) is 2.73. The summed E-state index contributed by atoms with van der Waals surface area (Å²) in [7, 11) is 0. The minimum absolute atomic E-state index is 0.194. The molecule has 0 radical (unpaired) electrons. The molecule has 1 atom stereocenters. The zero-order valence-corrected chi connectivity index (χ0v) is 8.08. The SMILES string of the molecule is NC(=[NH2+])SC1OC(=O)c2ccccc21. The highest BCUT2D eigenvalue weighted by Crippen LogP contribution is 2.37. The maximum Gasteiger partial charge on any atom is 0.340 e. The van der Waals surface area contributed by atoms with Crippen LogP contribution in [-0.2, 0) is 4.74 Å². The van der Waals surface area contributed by atoms with Gasteiger partial charge in [0.1, 0.15) is 0 Å². The topological polar surface area (TPSA) is 77.9 Å². The summed E-state index contributed by atoms with van der Waals surface area (Å²) in [6.45, 7) is 0. The molecule has 14 heavy (non-hydrogen) atoms. The van der Waals surface area contributed by atoms with E-state index in [-0.39, 0.29) is 11.1 Å². The van der Waals surface area contributed by atoms with Crippen molar-refractivity contribution in [3.63, 3.8) is 0 Å². The van der Waals surface area contributed by atoms with Gasteiger partial charge in [-0.3, -0.25) is 11.1 Å². The van der Waals surface area contributed by atoms with Gasteiger partial charge in [-0.25, -0.2) is 4.79 Å². The van der Waals surface area contributed by atoms with Crippen LogP contribution in [-0.4, -0.2) is 11.1 Å². The first-order valence-corrected chi connectivity index (χ1v) is 4.91. The van der Waals surface area contributed by atoms with Gasteiger partial charge in [-0.05, 0) is 6.07 Å². The quantitative estimate of drug-likeness (QED) is 0.377. The molecule has 4 N–H and O–H groups in total. The Labute approximate surface area is 84.9 Å². The van der Waals surface area contributed by atoms with E-state index in [4.69, 9.17) is 15.9 Å². The Morgan fingerprint density at radius 2 is 2.21 bits per heavy atom. The Bertz CT molecular complexity index is 404. The van der Waals surface area contributed by atoms with Gasteiger partial charge in [0.15, 0.2) is 5.44 Å². The Kier molecular flexibility index (Phi) is 2.17. The van der Waals surface area contributed by atoms with Crippen LogP contribution in [0.5, 0.6) is 0 Å². The lowest BCUT2D eigenvalue weighted by Crippen LogP contribution is -2.43.